The maximum absolute atomic E-state index is 13.4. The van der Waals surface area contributed by atoms with Crippen LogP contribution in [0.15, 0.2) is 87.3 Å². The summed E-state index contributed by atoms with van der Waals surface area (Å²) >= 11 is 1.39. The number of benzene rings is 3. The van der Waals surface area contributed by atoms with Crippen LogP contribution in [0, 0.1) is 6.92 Å². The lowest BCUT2D eigenvalue weighted by Gasteiger charge is -2.14. The van der Waals surface area contributed by atoms with Gasteiger partial charge < -0.3 is 9.26 Å². The highest BCUT2D eigenvalue weighted by molar-refractivity contribution is 7.98. The van der Waals surface area contributed by atoms with Gasteiger partial charge in [0.05, 0.1) is 30.3 Å². The Morgan fingerprint density at radius 2 is 1.74 bits per heavy atom. The van der Waals surface area contributed by atoms with Crippen molar-refractivity contribution in [2.45, 2.75) is 24.4 Å². The lowest BCUT2D eigenvalue weighted by molar-refractivity contribution is 0.391. The van der Waals surface area contributed by atoms with E-state index in [0.29, 0.717) is 40.1 Å². The zero-order chi connectivity index (χ0) is 23.5. The van der Waals surface area contributed by atoms with Gasteiger partial charge in [0.2, 0.25) is 11.7 Å². The van der Waals surface area contributed by atoms with E-state index < -0.39 is 0 Å². The normalized spacial score (nSPS) is 11.1. The first-order valence-electron chi connectivity index (χ1n) is 10.8. The highest BCUT2D eigenvalue weighted by Crippen LogP contribution is 2.26. The van der Waals surface area contributed by atoms with Crippen LogP contribution in [0.3, 0.4) is 0 Å². The fourth-order valence-electron chi connectivity index (χ4n) is 3.77. The topological polar surface area (TPSA) is 83.0 Å². The highest BCUT2D eigenvalue weighted by Gasteiger charge is 2.16. The number of methoxy groups -OCH3 is 1. The van der Waals surface area contributed by atoms with Gasteiger partial charge in [-0.05, 0) is 30.7 Å². The fraction of sp³-hybridized carbons (Fsp3) is 0.154. The van der Waals surface area contributed by atoms with E-state index in [2.05, 4.69) is 10.1 Å². The quantitative estimate of drug-likeness (QED) is 0.242. The third kappa shape index (κ3) is 4.32. The first kappa shape index (κ1) is 21.9. The molecule has 0 fully saturated rings. The number of hydrogen-bond donors (Lipinski definition) is 0. The number of fused-ring (bicyclic) bond motifs is 1. The van der Waals surface area contributed by atoms with E-state index in [4.69, 9.17) is 14.2 Å². The van der Waals surface area contributed by atoms with E-state index in [1.165, 1.54) is 11.8 Å². The van der Waals surface area contributed by atoms with Crippen molar-refractivity contribution in [3.8, 4) is 17.1 Å². The van der Waals surface area contributed by atoms with E-state index in [9.17, 15) is 4.79 Å². The Labute approximate surface area is 200 Å². The van der Waals surface area contributed by atoms with Gasteiger partial charge in [-0.15, -0.1) is 0 Å². The molecule has 2 aromatic heterocycles. The Morgan fingerprint density at radius 3 is 2.59 bits per heavy atom. The van der Waals surface area contributed by atoms with Crippen LogP contribution in [-0.2, 0) is 12.3 Å². The molecule has 2 heterocycles. The van der Waals surface area contributed by atoms with Gasteiger partial charge in [-0.25, -0.2) is 4.98 Å². The van der Waals surface area contributed by atoms with Crippen molar-refractivity contribution in [1.29, 1.82) is 0 Å². The van der Waals surface area contributed by atoms with Crippen molar-refractivity contribution in [2.24, 2.45) is 0 Å². The van der Waals surface area contributed by atoms with Crippen LogP contribution in [0.5, 0.6) is 5.75 Å². The van der Waals surface area contributed by atoms with Crippen LogP contribution in [0.25, 0.3) is 22.3 Å². The Hall–Kier alpha value is -3.91. The Bertz CT molecular complexity index is 1530. The number of aryl methyl sites for hydroxylation is 1. The van der Waals surface area contributed by atoms with Crippen molar-refractivity contribution < 1.29 is 9.26 Å². The third-order valence-corrected chi connectivity index (χ3v) is 6.49. The summed E-state index contributed by atoms with van der Waals surface area (Å²) in [7, 11) is 1.62. The van der Waals surface area contributed by atoms with Crippen molar-refractivity contribution >= 4 is 22.7 Å². The van der Waals surface area contributed by atoms with Gasteiger partial charge in [-0.2, -0.15) is 4.98 Å². The molecule has 0 atom stereocenters. The number of hydrogen-bond acceptors (Lipinski definition) is 7. The average molecular weight is 471 g/mol. The monoisotopic (exact) mass is 470 g/mol. The SMILES string of the molecule is COc1ccccc1Cn1c(SCc2nc(-c3ccccc3C)no2)nc2ccccc2c1=O. The largest absolute Gasteiger partial charge is 0.496 e. The summed E-state index contributed by atoms with van der Waals surface area (Å²) in [5.74, 6) is 2.12. The summed E-state index contributed by atoms with van der Waals surface area (Å²) in [4.78, 5) is 22.7. The second-order valence-corrected chi connectivity index (χ2v) is 8.67. The van der Waals surface area contributed by atoms with Gasteiger partial charge in [0.15, 0.2) is 5.16 Å². The number of nitrogens with zero attached hydrogens (tertiary/aromatic N) is 4. The molecule has 7 nitrogen and oxygen atoms in total. The maximum Gasteiger partial charge on any atom is 0.262 e. The molecule has 8 heteroatoms. The molecule has 0 saturated carbocycles. The third-order valence-electron chi connectivity index (χ3n) is 5.53. The molecule has 0 unspecified atom stereocenters. The van der Waals surface area contributed by atoms with Crippen molar-refractivity contribution in [3.05, 3.63) is 100 Å². The predicted octanol–water partition coefficient (Wildman–Crippen LogP) is 5.10. The van der Waals surface area contributed by atoms with E-state index in [-0.39, 0.29) is 5.56 Å². The molecule has 0 aliphatic heterocycles. The minimum absolute atomic E-state index is 0.106. The molecule has 0 aliphatic carbocycles. The molecular weight excluding hydrogens is 448 g/mol. The van der Waals surface area contributed by atoms with Crippen molar-refractivity contribution in [2.75, 3.05) is 7.11 Å². The molecule has 0 amide bonds. The number of rotatable bonds is 7. The molecular formula is C26H22N4O3S. The summed E-state index contributed by atoms with van der Waals surface area (Å²) < 4.78 is 12.7. The smallest absolute Gasteiger partial charge is 0.262 e. The van der Waals surface area contributed by atoms with Gasteiger partial charge in [-0.1, -0.05) is 71.5 Å². The fourth-order valence-corrected chi connectivity index (χ4v) is 4.61. The number of aromatic nitrogens is 4. The highest BCUT2D eigenvalue weighted by atomic mass is 32.2. The van der Waals surface area contributed by atoms with E-state index >= 15 is 0 Å². The zero-order valence-corrected chi connectivity index (χ0v) is 19.6. The minimum Gasteiger partial charge on any atom is -0.496 e. The summed E-state index contributed by atoms with van der Waals surface area (Å²) in [5, 5.41) is 5.28. The van der Waals surface area contributed by atoms with Gasteiger partial charge in [-0.3, -0.25) is 9.36 Å². The van der Waals surface area contributed by atoms with E-state index in [1.807, 2.05) is 73.7 Å². The van der Waals surface area contributed by atoms with Crippen LogP contribution >= 0.6 is 11.8 Å². The van der Waals surface area contributed by atoms with Crippen molar-refractivity contribution in [1.82, 2.24) is 19.7 Å². The Balaban J connectivity index is 1.49. The van der Waals surface area contributed by atoms with E-state index in [0.717, 1.165) is 22.4 Å². The molecule has 5 rings (SSSR count). The summed E-state index contributed by atoms with van der Waals surface area (Å²) in [6.45, 7) is 2.34. The Morgan fingerprint density at radius 1 is 0.971 bits per heavy atom. The molecule has 0 N–H and O–H groups in total. The van der Waals surface area contributed by atoms with Crippen LogP contribution in [0.2, 0.25) is 0 Å². The molecule has 34 heavy (non-hydrogen) atoms. The second kappa shape index (κ2) is 9.52. The van der Waals surface area contributed by atoms with E-state index in [1.54, 1.807) is 17.7 Å². The lowest BCUT2D eigenvalue weighted by atomic mass is 10.1. The number of para-hydroxylation sites is 2. The molecule has 5 aromatic rings. The molecule has 0 radical (unpaired) electrons. The van der Waals surface area contributed by atoms with Crippen LogP contribution in [-0.4, -0.2) is 26.8 Å². The molecule has 3 aromatic carbocycles. The summed E-state index contributed by atoms with van der Waals surface area (Å²) in [6.07, 6.45) is 0. The van der Waals surface area contributed by atoms with Gasteiger partial charge in [0.1, 0.15) is 5.75 Å². The maximum atomic E-state index is 13.4. The first-order valence-corrected chi connectivity index (χ1v) is 11.8. The molecule has 0 bridgehead atoms. The number of thioether (sulfide) groups is 1. The standard InChI is InChI=1S/C26H22N4O3S/c1-17-9-3-5-11-19(17)24-28-23(33-29-24)16-34-26-27-21-13-7-6-12-20(21)25(31)30(26)15-18-10-4-8-14-22(18)32-2/h3-14H,15-16H2,1-2H3. The predicted molar refractivity (Wildman–Crippen MR) is 132 cm³/mol. The Kier molecular flexibility index (Phi) is 6.14. The van der Waals surface area contributed by atoms with Crippen LogP contribution in [0.1, 0.15) is 17.0 Å². The second-order valence-electron chi connectivity index (χ2n) is 7.73. The van der Waals surface area contributed by atoms with Crippen LogP contribution < -0.4 is 10.3 Å². The molecule has 0 aliphatic rings. The molecule has 0 saturated heterocycles. The molecule has 0 spiro atoms. The van der Waals surface area contributed by atoms with Gasteiger partial charge >= 0.3 is 0 Å². The van der Waals surface area contributed by atoms with Crippen molar-refractivity contribution in [3.63, 3.8) is 0 Å². The average Bonchev–Trinajstić information content (AvgIpc) is 3.34. The minimum atomic E-state index is -0.106. The lowest BCUT2D eigenvalue weighted by Crippen LogP contribution is -2.24. The van der Waals surface area contributed by atoms with Gasteiger partial charge in [0, 0.05) is 11.1 Å². The first-order chi connectivity index (χ1) is 16.6. The number of ether oxygens (including phenoxy) is 1. The van der Waals surface area contributed by atoms with Crippen LogP contribution in [0.4, 0.5) is 0 Å². The zero-order valence-electron chi connectivity index (χ0n) is 18.8. The van der Waals surface area contributed by atoms with Gasteiger partial charge in [0.25, 0.3) is 5.56 Å². The summed E-state index contributed by atoms with van der Waals surface area (Å²) in [5.41, 5.74) is 3.44. The summed E-state index contributed by atoms with van der Waals surface area (Å²) in [6, 6.07) is 22.9. The molecule has 170 valence electrons.